The van der Waals surface area contributed by atoms with E-state index in [-0.39, 0.29) is 30.2 Å². The lowest BCUT2D eigenvalue weighted by Crippen LogP contribution is -2.58. The second-order valence-corrected chi connectivity index (χ2v) is 6.64. The highest BCUT2D eigenvalue weighted by molar-refractivity contribution is 6.16. The van der Waals surface area contributed by atoms with Crippen molar-refractivity contribution < 1.29 is 33.0 Å². The number of hydrogen-bond donors (Lipinski definition) is 3. The zero-order valence-electron chi connectivity index (χ0n) is 15.5. The number of hydrogen-bond acceptors (Lipinski definition) is 5. The minimum Gasteiger partial charge on any atom is -0.711 e. The maximum Gasteiger partial charge on any atom is 0.328 e. The number of urea groups is 1. The number of amides is 4. The summed E-state index contributed by atoms with van der Waals surface area (Å²) >= 11 is 0. The highest BCUT2D eigenvalue weighted by Crippen LogP contribution is 2.34. The lowest BCUT2D eigenvalue weighted by Gasteiger charge is -2.27. The molecule has 0 unspecified atom stereocenters. The third-order valence-electron chi connectivity index (χ3n) is 4.99. The van der Waals surface area contributed by atoms with Gasteiger partial charge in [-0.2, -0.15) is 0 Å². The van der Waals surface area contributed by atoms with Crippen LogP contribution in [-0.4, -0.2) is 34.1 Å². The first kappa shape index (κ1) is 20.4. The van der Waals surface area contributed by atoms with Gasteiger partial charge in [-0.1, -0.05) is 6.07 Å². The van der Waals surface area contributed by atoms with Gasteiger partial charge in [0, 0.05) is 13.8 Å². The molecule has 1 fully saturated rings. The molecule has 0 aliphatic carbocycles. The Labute approximate surface area is 163 Å². The second-order valence-electron chi connectivity index (χ2n) is 6.64. The summed E-state index contributed by atoms with van der Waals surface area (Å²) < 4.78 is 29.3. The Kier molecular flexibility index (Phi) is 5.33. The molecule has 3 rings (SSSR count). The molecule has 154 valence electrons. The van der Waals surface area contributed by atoms with Crippen LogP contribution >= 0.6 is 0 Å². The van der Waals surface area contributed by atoms with Gasteiger partial charge in [0.2, 0.25) is 11.8 Å². The van der Waals surface area contributed by atoms with Crippen LogP contribution in [0, 0.1) is 36.6 Å². The van der Waals surface area contributed by atoms with E-state index in [1.807, 2.05) is 10.6 Å². The predicted octanol–water partition coefficient (Wildman–Crippen LogP) is 0.123. The number of aliphatic hydroxyl groups excluding tert-OH is 1. The fourth-order valence-corrected chi connectivity index (χ4v) is 3.50. The summed E-state index contributed by atoms with van der Waals surface area (Å²) in [4.78, 5) is 36.4. The molecule has 1 aliphatic heterocycles. The number of barbiturate groups is 1. The molecule has 1 aromatic heterocycles. The summed E-state index contributed by atoms with van der Waals surface area (Å²) in [6, 6.07) is 1.74. The van der Waals surface area contributed by atoms with E-state index in [1.54, 1.807) is 6.92 Å². The van der Waals surface area contributed by atoms with Crippen molar-refractivity contribution in [2.24, 2.45) is 5.92 Å². The molecule has 2 heterocycles. The molecule has 0 spiro atoms. The van der Waals surface area contributed by atoms with E-state index in [4.69, 9.17) is 0 Å². The van der Waals surface area contributed by atoms with Gasteiger partial charge in [0.25, 0.3) is 5.82 Å². The van der Waals surface area contributed by atoms with Crippen LogP contribution < -0.4 is 15.4 Å². The number of rotatable bonds is 5. The third-order valence-corrected chi connectivity index (χ3v) is 4.99. The summed E-state index contributed by atoms with van der Waals surface area (Å²) in [5.74, 6) is -7.43. The number of imide groups is 2. The molecule has 0 radical (unpaired) electrons. The van der Waals surface area contributed by atoms with E-state index in [0.29, 0.717) is 10.4 Å². The number of aliphatic hydroxyl groups is 1. The third kappa shape index (κ3) is 3.44. The fourth-order valence-electron chi connectivity index (χ4n) is 3.50. The van der Waals surface area contributed by atoms with Gasteiger partial charge in [0.1, 0.15) is 29.8 Å². The number of carbonyl (C=O) groups is 3. The van der Waals surface area contributed by atoms with Crippen molar-refractivity contribution in [2.75, 3.05) is 6.61 Å². The number of benzene rings is 1. The Morgan fingerprint density at radius 2 is 1.79 bits per heavy atom. The quantitative estimate of drug-likeness (QED) is 0.368. The lowest BCUT2D eigenvalue weighted by molar-refractivity contribution is -0.621. The van der Waals surface area contributed by atoms with Crippen LogP contribution in [0.3, 0.4) is 0 Å². The van der Waals surface area contributed by atoms with E-state index in [1.165, 1.54) is 11.5 Å². The Morgan fingerprint density at radius 1 is 1.17 bits per heavy atom. The van der Waals surface area contributed by atoms with Crippen LogP contribution in [-0.2, 0) is 16.1 Å². The lowest BCUT2D eigenvalue weighted by atomic mass is 9.83. The van der Waals surface area contributed by atoms with E-state index >= 15 is 0 Å². The Morgan fingerprint density at radius 3 is 2.34 bits per heavy atom. The first-order valence-electron chi connectivity index (χ1n) is 8.68. The van der Waals surface area contributed by atoms with E-state index < -0.39 is 41.3 Å². The van der Waals surface area contributed by atoms with Crippen LogP contribution in [0.1, 0.15) is 28.7 Å². The number of nitrogens with zero attached hydrogens (tertiary/aromatic N) is 2. The standard InChI is InChI=1S/C18H18F2N4O5/c1-8-9(2)24(29)17(23(8)5-6-25)13(10-3-4-11(19)12(20)7-10)14-15(26)21-18(28)22-16(14)27/h3-4,7,13-14,25H,5-6H2,1-2H3,(H2,21,22,26,27,28)/t13-/m0/s1. The molecular formula is C18H18F2N4O5. The molecule has 1 saturated heterocycles. The SMILES string of the molecule is Cc1c(C)[n+]([O-])c([C@@H](c2ccc(F)c(F)c2)C2C(=O)NC(=O)NC2=O)n1CCO. The molecule has 2 aromatic rings. The summed E-state index contributed by atoms with van der Waals surface area (Å²) in [7, 11) is 0. The van der Waals surface area contributed by atoms with Crippen molar-refractivity contribution in [2.45, 2.75) is 26.3 Å². The topological polar surface area (TPSA) is 127 Å². The summed E-state index contributed by atoms with van der Waals surface area (Å²) in [5.41, 5.74) is 0.688. The molecule has 1 atom stereocenters. The van der Waals surface area contributed by atoms with Gasteiger partial charge in [-0.05, 0) is 17.7 Å². The fraction of sp³-hybridized carbons (Fsp3) is 0.333. The van der Waals surface area contributed by atoms with Gasteiger partial charge >= 0.3 is 6.03 Å². The average Bonchev–Trinajstić information content (AvgIpc) is 2.85. The zero-order chi connectivity index (χ0) is 21.5. The maximum absolute atomic E-state index is 14.0. The molecular weight excluding hydrogens is 390 g/mol. The van der Waals surface area contributed by atoms with Crippen molar-refractivity contribution in [1.29, 1.82) is 0 Å². The molecule has 4 amide bonds. The average molecular weight is 408 g/mol. The van der Waals surface area contributed by atoms with Crippen LogP contribution in [0.5, 0.6) is 0 Å². The van der Waals surface area contributed by atoms with Gasteiger partial charge in [-0.25, -0.2) is 22.9 Å². The Hall–Kier alpha value is -3.34. The molecule has 0 bridgehead atoms. The number of halogens is 2. The smallest absolute Gasteiger partial charge is 0.328 e. The zero-order valence-corrected chi connectivity index (χ0v) is 15.5. The van der Waals surface area contributed by atoms with E-state index in [0.717, 1.165) is 18.2 Å². The summed E-state index contributed by atoms with van der Waals surface area (Å²) in [6.07, 6.45) is 0. The molecule has 29 heavy (non-hydrogen) atoms. The number of nitrogens with one attached hydrogen (secondary N) is 2. The molecule has 9 nitrogen and oxygen atoms in total. The highest BCUT2D eigenvalue weighted by Gasteiger charge is 2.47. The van der Waals surface area contributed by atoms with Crippen molar-refractivity contribution in [1.82, 2.24) is 15.2 Å². The maximum atomic E-state index is 14.0. The van der Waals surface area contributed by atoms with Crippen molar-refractivity contribution in [3.8, 4) is 0 Å². The normalized spacial score (nSPS) is 16.0. The molecule has 0 saturated carbocycles. The van der Waals surface area contributed by atoms with Crippen molar-refractivity contribution in [3.63, 3.8) is 0 Å². The van der Waals surface area contributed by atoms with Gasteiger partial charge in [0.15, 0.2) is 11.6 Å². The highest BCUT2D eigenvalue weighted by atomic mass is 19.2. The molecule has 11 heteroatoms. The Bertz CT molecular complexity index is 1000. The van der Waals surface area contributed by atoms with Crippen molar-refractivity contribution >= 4 is 17.8 Å². The first-order chi connectivity index (χ1) is 13.7. The molecule has 1 aliphatic rings. The number of carbonyl (C=O) groups excluding carboxylic acids is 3. The first-order valence-corrected chi connectivity index (χ1v) is 8.68. The van der Waals surface area contributed by atoms with Gasteiger partial charge < -0.3 is 10.3 Å². The second kappa shape index (κ2) is 7.59. The van der Waals surface area contributed by atoms with Gasteiger partial charge in [-0.3, -0.25) is 20.2 Å². The van der Waals surface area contributed by atoms with E-state index in [2.05, 4.69) is 0 Å². The number of aromatic nitrogens is 2. The van der Waals surface area contributed by atoms with Crippen LogP contribution in [0.2, 0.25) is 0 Å². The minimum absolute atomic E-state index is 0.0187. The van der Waals surface area contributed by atoms with Crippen LogP contribution in [0.4, 0.5) is 13.6 Å². The van der Waals surface area contributed by atoms with Crippen LogP contribution in [0.25, 0.3) is 0 Å². The monoisotopic (exact) mass is 408 g/mol. The van der Waals surface area contributed by atoms with Gasteiger partial charge in [-0.15, -0.1) is 0 Å². The Balaban J connectivity index is 2.29. The van der Waals surface area contributed by atoms with Gasteiger partial charge in [0.05, 0.1) is 6.61 Å². The minimum atomic E-state index is -1.61. The van der Waals surface area contributed by atoms with Crippen molar-refractivity contribution in [3.05, 3.63) is 57.8 Å². The summed E-state index contributed by atoms with van der Waals surface area (Å²) in [6.45, 7) is 2.72. The largest absolute Gasteiger partial charge is 0.711 e. The predicted molar refractivity (Wildman–Crippen MR) is 93.3 cm³/mol. The summed E-state index contributed by atoms with van der Waals surface area (Å²) in [5, 5.41) is 26.2. The number of imidazole rings is 1. The van der Waals surface area contributed by atoms with E-state index in [9.17, 15) is 33.5 Å². The molecule has 1 aromatic carbocycles. The van der Waals surface area contributed by atoms with Crippen LogP contribution in [0.15, 0.2) is 18.2 Å². The molecule has 3 N–H and O–H groups in total.